The molecule has 8 heteroatoms. The van der Waals surface area contributed by atoms with Crippen molar-refractivity contribution >= 4 is 28.9 Å². The van der Waals surface area contributed by atoms with Gasteiger partial charge in [0, 0.05) is 18.3 Å². The smallest absolute Gasteiger partial charge is 0.436 e. The van der Waals surface area contributed by atoms with E-state index in [0.717, 1.165) is 29.8 Å². The van der Waals surface area contributed by atoms with Gasteiger partial charge in [-0.25, -0.2) is 4.79 Å². The van der Waals surface area contributed by atoms with Crippen molar-refractivity contribution in [3.05, 3.63) is 59.4 Å². The number of carbonyl (C=O) groups is 2. The summed E-state index contributed by atoms with van der Waals surface area (Å²) < 4.78 is 11.0. The summed E-state index contributed by atoms with van der Waals surface area (Å²) in [5.74, 6) is 0.605. The maximum absolute atomic E-state index is 12.2. The molecule has 170 valence electrons. The van der Waals surface area contributed by atoms with Gasteiger partial charge >= 0.3 is 6.09 Å². The molecule has 2 heterocycles. The third-order valence-corrected chi connectivity index (χ3v) is 5.71. The minimum atomic E-state index is -0.709. The van der Waals surface area contributed by atoms with Gasteiger partial charge in [0.1, 0.15) is 11.4 Å². The van der Waals surface area contributed by atoms with Crippen LogP contribution in [0.25, 0.3) is 0 Å². The van der Waals surface area contributed by atoms with Crippen LogP contribution < -0.4 is 10.1 Å². The third kappa shape index (κ3) is 7.37. The molecular weight excluding hydrogens is 426 g/mol. The molecule has 1 unspecified atom stereocenters. The second kappa shape index (κ2) is 10.6. The SMILES string of the molecule is CCc1ccc(CCOc2ccc(CC3SC(=NC(=O)OC(C)(C)C)NC3=O)cc2)nc1. The summed E-state index contributed by atoms with van der Waals surface area (Å²) in [6, 6.07) is 11.8. The Labute approximate surface area is 193 Å². The van der Waals surface area contributed by atoms with Crippen molar-refractivity contribution in [1.82, 2.24) is 10.3 Å². The van der Waals surface area contributed by atoms with Crippen molar-refractivity contribution in [1.29, 1.82) is 0 Å². The van der Waals surface area contributed by atoms with Crippen LogP contribution in [-0.2, 0) is 28.8 Å². The van der Waals surface area contributed by atoms with Crippen LogP contribution in [0.1, 0.15) is 44.5 Å². The molecule has 0 aliphatic carbocycles. The van der Waals surface area contributed by atoms with Gasteiger partial charge in [-0.05, 0) is 62.9 Å². The lowest BCUT2D eigenvalue weighted by molar-refractivity contribution is -0.118. The highest BCUT2D eigenvalue weighted by Gasteiger charge is 2.31. The number of nitrogens with one attached hydrogen (secondary N) is 1. The normalized spacial score (nSPS) is 17.3. The maximum atomic E-state index is 12.2. The molecule has 3 rings (SSSR count). The number of pyridine rings is 1. The maximum Gasteiger partial charge on any atom is 0.436 e. The van der Waals surface area contributed by atoms with Crippen molar-refractivity contribution in [3.8, 4) is 5.75 Å². The van der Waals surface area contributed by atoms with E-state index >= 15 is 0 Å². The highest BCUT2D eigenvalue weighted by molar-refractivity contribution is 8.15. The molecule has 0 saturated carbocycles. The van der Waals surface area contributed by atoms with Gasteiger partial charge in [0.05, 0.1) is 11.9 Å². The number of thioether (sulfide) groups is 1. The number of amides is 2. The first kappa shape index (κ1) is 23.8. The number of nitrogens with zero attached hydrogens (tertiary/aromatic N) is 2. The highest BCUT2D eigenvalue weighted by atomic mass is 32.2. The van der Waals surface area contributed by atoms with Crippen LogP contribution in [0.5, 0.6) is 5.75 Å². The minimum Gasteiger partial charge on any atom is -0.493 e. The zero-order valence-corrected chi connectivity index (χ0v) is 19.7. The van der Waals surface area contributed by atoms with E-state index in [9.17, 15) is 9.59 Å². The average molecular weight is 456 g/mol. The third-order valence-electron chi connectivity index (χ3n) is 4.63. The molecule has 2 amide bonds. The topological polar surface area (TPSA) is 89.9 Å². The molecule has 1 atom stereocenters. The van der Waals surface area contributed by atoms with Gasteiger partial charge in [0.25, 0.3) is 0 Å². The fourth-order valence-corrected chi connectivity index (χ4v) is 3.98. The van der Waals surface area contributed by atoms with Crippen molar-refractivity contribution in [2.24, 2.45) is 4.99 Å². The van der Waals surface area contributed by atoms with Gasteiger partial charge in [-0.1, -0.05) is 36.9 Å². The first-order valence-electron chi connectivity index (χ1n) is 10.7. The average Bonchev–Trinajstić information content (AvgIpc) is 3.06. The Morgan fingerprint density at radius 3 is 2.50 bits per heavy atom. The molecule has 1 fully saturated rings. The molecule has 2 aromatic rings. The lowest BCUT2D eigenvalue weighted by Crippen LogP contribution is -2.27. The number of aromatic nitrogens is 1. The minimum absolute atomic E-state index is 0.167. The van der Waals surface area contributed by atoms with Crippen LogP contribution in [0.4, 0.5) is 4.79 Å². The zero-order chi connectivity index (χ0) is 23.1. The van der Waals surface area contributed by atoms with E-state index in [1.165, 1.54) is 17.3 Å². The number of amidine groups is 1. The molecule has 1 saturated heterocycles. The number of rotatable bonds is 7. The largest absolute Gasteiger partial charge is 0.493 e. The summed E-state index contributed by atoms with van der Waals surface area (Å²) in [5, 5.41) is 2.57. The van der Waals surface area contributed by atoms with E-state index in [2.05, 4.69) is 28.3 Å². The highest BCUT2D eigenvalue weighted by Crippen LogP contribution is 2.25. The predicted molar refractivity (Wildman–Crippen MR) is 126 cm³/mol. The standard InChI is InChI=1S/C24H29N3O4S/c1-5-16-6-9-18(25-15-16)12-13-30-19-10-7-17(8-11-19)14-20-21(28)26-22(32-20)27-23(29)31-24(2,3)4/h6-11,15,20H,5,12-14H2,1-4H3,(H,26,27,28,29). The fourth-order valence-electron chi connectivity index (χ4n) is 2.98. The van der Waals surface area contributed by atoms with Gasteiger partial charge in [0.2, 0.25) is 5.91 Å². The van der Waals surface area contributed by atoms with E-state index in [4.69, 9.17) is 9.47 Å². The summed E-state index contributed by atoms with van der Waals surface area (Å²) >= 11 is 1.24. The van der Waals surface area contributed by atoms with Crippen molar-refractivity contribution < 1.29 is 19.1 Å². The second-order valence-corrected chi connectivity index (χ2v) is 9.64. The zero-order valence-electron chi connectivity index (χ0n) is 18.9. The molecule has 7 nitrogen and oxygen atoms in total. The fraction of sp³-hybridized carbons (Fsp3) is 0.417. The van der Waals surface area contributed by atoms with Crippen molar-refractivity contribution in [2.75, 3.05) is 6.61 Å². The lowest BCUT2D eigenvalue weighted by Gasteiger charge is -2.17. The van der Waals surface area contributed by atoms with Crippen LogP contribution in [0, 0.1) is 0 Å². The number of hydrogen-bond donors (Lipinski definition) is 1. The number of aryl methyl sites for hydroxylation is 1. The Balaban J connectivity index is 1.47. The molecule has 1 aliphatic rings. The van der Waals surface area contributed by atoms with Crippen LogP contribution in [0.2, 0.25) is 0 Å². The van der Waals surface area contributed by atoms with Crippen LogP contribution in [0.15, 0.2) is 47.6 Å². The molecule has 0 radical (unpaired) electrons. The predicted octanol–water partition coefficient (Wildman–Crippen LogP) is 4.33. The van der Waals surface area contributed by atoms with Crippen LogP contribution in [-0.4, -0.2) is 39.6 Å². The summed E-state index contributed by atoms with van der Waals surface area (Å²) in [6.07, 6.45) is 3.45. The summed E-state index contributed by atoms with van der Waals surface area (Å²) in [7, 11) is 0. The van der Waals surface area contributed by atoms with E-state index in [0.29, 0.717) is 13.0 Å². The lowest BCUT2D eigenvalue weighted by atomic mass is 10.1. The van der Waals surface area contributed by atoms with Crippen LogP contribution >= 0.6 is 11.8 Å². The molecule has 0 bridgehead atoms. The summed E-state index contributed by atoms with van der Waals surface area (Å²) in [5.41, 5.74) is 2.60. The summed E-state index contributed by atoms with van der Waals surface area (Å²) in [4.78, 5) is 32.4. The first-order chi connectivity index (χ1) is 15.2. The molecule has 1 aromatic carbocycles. The summed E-state index contributed by atoms with van der Waals surface area (Å²) in [6.45, 7) is 7.95. The molecule has 1 aromatic heterocycles. The van der Waals surface area contributed by atoms with Gasteiger partial charge < -0.3 is 14.8 Å². The number of benzene rings is 1. The van der Waals surface area contributed by atoms with Gasteiger partial charge in [0.15, 0.2) is 5.17 Å². The van der Waals surface area contributed by atoms with Gasteiger partial charge in [-0.2, -0.15) is 4.99 Å². The number of aliphatic imine (C=N–C) groups is 1. The first-order valence-corrected chi connectivity index (χ1v) is 11.5. The quantitative estimate of drug-likeness (QED) is 0.668. The van der Waals surface area contributed by atoms with Crippen LogP contribution in [0.3, 0.4) is 0 Å². The van der Waals surface area contributed by atoms with Gasteiger partial charge in [-0.15, -0.1) is 0 Å². The number of ether oxygens (including phenoxy) is 2. The van der Waals surface area contributed by atoms with E-state index < -0.39 is 11.7 Å². The Hall–Kier alpha value is -2.87. The Bertz CT molecular complexity index is 966. The van der Waals surface area contributed by atoms with Crippen molar-refractivity contribution in [3.63, 3.8) is 0 Å². The number of hydrogen-bond acceptors (Lipinski definition) is 6. The van der Waals surface area contributed by atoms with Gasteiger partial charge in [-0.3, -0.25) is 9.78 Å². The van der Waals surface area contributed by atoms with E-state index in [1.807, 2.05) is 36.5 Å². The Kier molecular flexibility index (Phi) is 7.90. The number of carbonyl (C=O) groups excluding carboxylic acids is 2. The van der Waals surface area contributed by atoms with E-state index in [1.54, 1.807) is 20.8 Å². The molecule has 0 spiro atoms. The van der Waals surface area contributed by atoms with Crippen molar-refractivity contribution in [2.45, 2.75) is 57.8 Å². The second-order valence-electron chi connectivity index (χ2n) is 8.45. The Morgan fingerprint density at radius 2 is 1.88 bits per heavy atom. The molecule has 1 aliphatic heterocycles. The molecular formula is C24H29N3O4S. The monoisotopic (exact) mass is 455 g/mol. The van der Waals surface area contributed by atoms with E-state index in [-0.39, 0.29) is 16.3 Å². The Morgan fingerprint density at radius 1 is 1.16 bits per heavy atom. The molecule has 1 N–H and O–H groups in total. The molecule has 32 heavy (non-hydrogen) atoms.